The molecular weight excluding hydrogens is 326 g/mol. The summed E-state index contributed by atoms with van der Waals surface area (Å²) in [4.78, 5) is 0.319. The van der Waals surface area contributed by atoms with E-state index in [9.17, 15) is 18.6 Å². The molecule has 0 unspecified atom stereocenters. The number of piperidine rings is 1. The molecule has 0 spiro atoms. The fourth-order valence-electron chi connectivity index (χ4n) is 3.14. The first kappa shape index (κ1) is 16.8. The zero-order chi connectivity index (χ0) is 17.3. The van der Waals surface area contributed by atoms with Gasteiger partial charge in [0.25, 0.3) is 0 Å². The molecule has 1 saturated heterocycles. The highest BCUT2D eigenvalue weighted by Gasteiger charge is 2.30. The van der Waals surface area contributed by atoms with E-state index >= 15 is 0 Å². The van der Waals surface area contributed by atoms with Crippen molar-refractivity contribution in [3.63, 3.8) is 0 Å². The monoisotopic (exact) mass is 347 g/mol. The van der Waals surface area contributed by atoms with Crippen molar-refractivity contribution in [1.29, 1.82) is 0 Å². The fraction of sp³-hybridized carbons (Fsp3) is 0.333. The summed E-state index contributed by atoms with van der Waals surface area (Å²) in [7, 11) is -3.47. The van der Waals surface area contributed by atoms with Crippen molar-refractivity contribution in [2.24, 2.45) is 0 Å². The Labute approximate surface area is 142 Å². The summed E-state index contributed by atoms with van der Waals surface area (Å²) in [5.41, 5.74) is 1.79. The quantitative estimate of drug-likeness (QED) is 0.895. The van der Waals surface area contributed by atoms with Crippen LogP contribution >= 0.6 is 0 Å². The highest BCUT2D eigenvalue weighted by molar-refractivity contribution is 7.89. The Morgan fingerprint density at radius 1 is 1.00 bits per heavy atom. The minimum Gasteiger partial charge on any atom is -0.508 e. The van der Waals surface area contributed by atoms with Gasteiger partial charge in [-0.05, 0) is 49.4 Å². The van der Waals surface area contributed by atoms with E-state index in [1.165, 1.54) is 10.4 Å². The highest BCUT2D eigenvalue weighted by Crippen LogP contribution is 2.36. The van der Waals surface area contributed by atoms with Gasteiger partial charge in [0.15, 0.2) is 0 Å². The van der Waals surface area contributed by atoms with Crippen LogP contribution in [-0.2, 0) is 10.0 Å². The summed E-state index contributed by atoms with van der Waals surface area (Å²) in [5.74, 6) is 0.181. The van der Waals surface area contributed by atoms with Crippen LogP contribution < -0.4 is 0 Å². The minimum absolute atomic E-state index is 0.0237. The van der Waals surface area contributed by atoms with Crippen molar-refractivity contribution in [3.05, 3.63) is 53.6 Å². The number of hydrogen-bond donors (Lipinski definition) is 2. The first-order valence-corrected chi connectivity index (χ1v) is 9.40. The molecule has 0 amide bonds. The molecule has 128 valence electrons. The number of phenols is 2. The summed E-state index contributed by atoms with van der Waals surface area (Å²) in [6, 6.07) is 11.5. The molecule has 24 heavy (non-hydrogen) atoms. The lowest BCUT2D eigenvalue weighted by Crippen LogP contribution is -2.37. The van der Waals surface area contributed by atoms with E-state index in [1.807, 2.05) is 6.92 Å². The lowest BCUT2D eigenvalue weighted by Gasteiger charge is -2.31. The maximum absolute atomic E-state index is 12.7. The lowest BCUT2D eigenvalue weighted by molar-refractivity contribution is 0.315. The third-order valence-electron chi connectivity index (χ3n) is 4.57. The summed E-state index contributed by atoms with van der Waals surface area (Å²) in [5, 5.41) is 19.4. The van der Waals surface area contributed by atoms with E-state index in [2.05, 4.69) is 0 Å². The van der Waals surface area contributed by atoms with Gasteiger partial charge in [0, 0.05) is 19.2 Å². The van der Waals surface area contributed by atoms with E-state index in [-0.39, 0.29) is 17.4 Å². The SMILES string of the molecule is Cc1ccc(S(=O)(=O)N2CCC(c3ccc(O)cc3O)CC2)cc1. The fourth-order valence-corrected chi connectivity index (χ4v) is 4.61. The van der Waals surface area contributed by atoms with Gasteiger partial charge in [0.2, 0.25) is 10.0 Å². The Balaban J connectivity index is 1.73. The van der Waals surface area contributed by atoms with E-state index in [0.29, 0.717) is 30.8 Å². The predicted octanol–water partition coefficient (Wildman–Crippen LogP) is 2.97. The maximum atomic E-state index is 12.7. The number of aryl methyl sites for hydroxylation is 1. The van der Waals surface area contributed by atoms with Crippen LogP contribution in [0, 0.1) is 6.92 Å². The van der Waals surface area contributed by atoms with E-state index in [0.717, 1.165) is 11.1 Å². The summed E-state index contributed by atoms with van der Waals surface area (Å²) >= 11 is 0. The van der Waals surface area contributed by atoms with E-state index < -0.39 is 10.0 Å². The van der Waals surface area contributed by atoms with Crippen LogP contribution in [0.2, 0.25) is 0 Å². The first-order valence-electron chi connectivity index (χ1n) is 7.96. The van der Waals surface area contributed by atoms with Gasteiger partial charge in [-0.25, -0.2) is 8.42 Å². The zero-order valence-electron chi connectivity index (χ0n) is 13.5. The van der Waals surface area contributed by atoms with Crippen LogP contribution in [0.1, 0.15) is 29.9 Å². The minimum atomic E-state index is -3.47. The summed E-state index contributed by atoms with van der Waals surface area (Å²) in [6.07, 6.45) is 1.28. The number of sulfonamides is 1. The van der Waals surface area contributed by atoms with Gasteiger partial charge in [0.1, 0.15) is 11.5 Å². The third-order valence-corrected chi connectivity index (χ3v) is 6.48. The first-order chi connectivity index (χ1) is 11.4. The molecule has 0 aliphatic carbocycles. The molecular formula is C18H21NO4S. The molecule has 0 atom stereocenters. The third kappa shape index (κ3) is 3.25. The predicted molar refractivity (Wildman–Crippen MR) is 91.7 cm³/mol. The van der Waals surface area contributed by atoms with Crippen molar-refractivity contribution in [3.8, 4) is 11.5 Å². The van der Waals surface area contributed by atoms with Crippen molar-refractivity contribution in [2.75, 3.05) is 13.1 Å². The normalized spacial score (nSPS) is 17.0. The van der Waals surface area contributed by atoms with Crippen LogP contribution in [0.15, 0.2) is 47.4 Å². The molecule has 1 fully saturated rings. The second-order valence-corrected chi connectivity index (χ2v) is 8.17. The van der Waals surface area contributed by atoms with E-state index in [4.69, 9.17) is 0 Å². The Morgan fingerprint density at radius 3 is 2.21 bits per heavy atom. The van der Waals surface area contributed by atoms with Crippen LogP contribution in [-0.4, -0.2) is 36.0 Å². The zero-order valence-corrected chi connectivity index (χ0v) is 14.3. The average Bonchev–Trinajstić information content (AvgIpc) is 2.55. The number of benzene rings is 2. The molecule has 3 rings (SSSR count). The van der Waals surface area contributed by atoms with Crippen molar-refractivity contribution >= 4 is 10.0 Å². The molecule has 1 aliphatic heterocycles. The number of phenolic OH excluding ortho intramolecular Hbond substituents is 2. The summed E-state index contributed by atoms with van der Waals surface area (Å²) < 4.78 is 26.9. The molecule has 2 aromatic carbocycles. The number of nitrogens with zero attached hydrogens (tertiary/aromatic N) is 1. The largest absolute Gasteiger partial charge is 0.508 e. The van der Waals surface area contributed by atoms with Gasteiger partial charge < -0.3 is 10.2 Å². The van der Waals surface area contributed by atoms with Gasteiger partial charge in [-0.1, -0.05) is 23.8 Å². The molecule has 1 heterocycles. The van der Waals surface area contributed by atoms with Gasteiger partial charge in [-0.2, -0.15) is 4.31 Å². The maximum Gasteiger partial charge on any atom is 0.243 e. The standard InChI is InChI=1S/C18H21NO4S/c1-13-2-5-16(6-3-13)24(22,23)19-10-8-14(9-11-19)17-7-4-15(20)12-18(17)21/h2-7,12,14,20-21H,8-11H2,1H3. The van der Waals surface area contributed by atoms with Crippen LogP contribution in [0.5, 0.6) is 11.5 Å². The molecule has 0 aromatic heterocycles. The van der Waals surface area contributed by atoms with Crippen molar-refractivity contribution in [1.82, 2.24) is 4.31 Å². The molecule has 2 aromatic rings. The van der Waals surface area contributed by atoms with Crippen LogP contribution in [0.3, 0.4) is 0 Å². The van der Waals surface area contributed by atoms with Gasteiger partial charge in [-0.3, -0.25) is 0 Å². The number of hydrogen-bond acceptors (Lipinski definition) is 4. The lowest BCUT2D eigenvalue weighted by atomic mass is 9.89. The number of aromatic hydroxyl groups is 2. The smallest absolute Gasteiger partial charge is 0.243 e. The Morgan fingerprint density at radius 2 is 1.62 bits per heavy atom. The second kappa shape index (κ2) is 6.45. The topological polar surface area (TPSA) is 77.8 Å². The Bertz CT molecular complexity index is 823. The van der Waals surface area contributed by atoms with Gasteiger partial charge >= 0.3 is 0 Å². The number of rotatable bonds is 3. The molecule has 1 aliphatic rings. The van der Waals surface area contributed by atoms with Crippen LogP contribution in [0.25, 0.3) is 0 Å². The Kier molecular flexibility index (Phi) is 4.51. The summed E-state index contributed by atoms with van der Waals surface area (Å²) in [6.45, 7) is 2.76. The second-order valence-electron chi connectivity index (χ2n) is 6.23. The van der Waals surface area contributed by atoms with Crippen LogP contribution in [0.4, 0.5) is 0 Å². The Hall–Kier alpha value is -2.05. The van der Waals surface area contributed by atoms with E-state index in [1.54, 1.807) is 36.4 Å². The molecule has 0 bridgehead atoms. The van der Waals surface area contributed by atoms with Gasteiger partial charge in [-0.15, -0.1) is 0 Å². The van der Waals surface area contributed by atoms with Crippen molar-refractivity contribution in [2.45, 2.75) is 30.6 Å². The van der Waals surface area contributed by atoms with Gasteiger partial charge in [0.05, 0.1) is 4.90 Å². The molecule has 6 heteroatoms. The average molecular weight is 347 g/mol. The molecule has 0 saturated carbocycles. The molecule has 2 N–H and O–H groups in total. The highest BCUT2D eigenvalue weighted by atomic mass is 32.2. The van der Waals surface area contributed by atoms with Crippen molar-refractivity contribution < 1.29 is 18.6 Å². The molecule has 0 radical (unpaired) electrons. The molecule has 5 nitrogen and oxygen atoms in total.